The summed E-state index contributed by atoms with van der Waals surface area (Å²) in [4.78, 5) is 4.05. The van der Waals surface area contributed by atoms with Crippen molar-refractivity contribution in [2.75, 3.05) is 6.54 Å². The van der Waals surface area contributed by atoms with E-state index in [1.54, 1.807) is 0 Å². The molecule has 1 aliphatic carbocycles. The van der Waals surface area contributed by atoms with E-state index in [4.69, 9.17) is 0 Å². The van der Waals surface area contributed by atoms with Gasteiger partial charge in [0.05, 0.1) is 0 Å². The van der Waals surface area contributed by atoms with Gasteiger partial charge < -0.3 is 5.32 Å². The van der Waals surface area contributed by atoms with Crippen LogP contribution in [0.25, 0.3) is 0 Å². The highest BCUT2D eigenvalue weighted by molar-refractivity contribution is 5.14. The minimum Gasteiger partial charge on any atom is -0.310 e. The fourth-order valence-electron chi connectivity index (χ4n) is 2.25. The van der Waals surface area contributed by atoms with Crippen LogP contribution in [0.2, 0.25) is 0 Å². The molecule has 0 aliphatic heterocycles. The summed E-state index contributed by atoms with van der Waals surface area (Å²) in [6.45, 7) is 8.05. The van der Waals surface area contributed by atoms with Crippen LogP contribution in [0, 0.1) is 11.3 Å². The molecule has 0 amide bonds. The molecule has 2 rings (SSSR count). The lowest BCUT2D eigenvalue weighted by atomic mass is 9.92. The lowest BCUT2D eigenvalue weighted by Gasteiger charge is -2.23. The van der Waals surface area contributed by atoms with Crippen molar-refractivity contribution in [1.82, 2.24) is 10.3 Å². The van der Waals surface area contributed by atoms with Gasteiger partial charge in [-0.3, -0.25) is 4.98 Å². The third-order valence-corrected chi connectivity index (χ3v) is 4.08. The number of nitrogens with zero attached hydrogens (tertiary/aromatic N) is 1. The molecule has 88 valence electrons. The normalized spacial score (nSPS) is 19.8. The van der Waals surface area contributed by atoms with Crippen molar-refractivity contribution in [2.45, 2.75) is 39.7 Å². The molecule has 1 aromatic heterocycles. The zero-order chi connectivity index (χ0) is 11.6. The zero-order valence-corrected chi connectivity index (χ0v) is 10.5. The molecule has 16 heavy (non-hydrogen) atoms. The summed E-state index contributed by atoms with van der Waals surface area (Å²) >= 11 is 0. The topological polar surface area (TPSA) is 24.9 Å². The van der Waals surface area contributed by atoms with Gasteiger partial charge in [-0.2, -0.15) is 0 Å². The summed E-state index contributed by atoms with van der Waals surface area (Å²) in [5.74, 6) is 0.796. The molecule has 0 spiro atoms. The van der Waals surface area contributed by atoms with Crippen molar-refractivity contribution >= 4 is 0 Å². The number of aromatic nitrogens is 1. The molecule has 0 saturated heterocycles. The van der Waals surface area contributed by atoms with Gasteiger partial charge in [-0.1, -0.05) is 13.8 Å². The van der Waals surface area contributed by atoms with E-state index in [1.165, 1.54) is 18.4 Å². The fourth-order valence-corrected chi connectivity index (χ4v) is 2.25. The average Bonchev–Trinajstić information content (AvgIpc) is 3.08. The number of hydrogen-bond acceptors (Lipinski definition) is 2. The van der Waals surface area contributed by atoms with Gasteiger partial charge in [0.25, 0.3) is 0 Å². The summed E-state index contributed by atoms with van der Waals surface area (Å²) in [6.07, 6.45) is 6.51. The molecule has 1 heterocycles. The fraction of sp³-hybridized carbons (Fsp3) is 0.643. The number of hydrogen-bond donors (Lipinski definition) is 1. The van der Waals surface area contributed by atoms with E-state index in [0.717, 1.165) is 12.5 Å². The molecule has 2 nitrogen and oxygen atoms in total. The number of rotatable bonds is 5. The van der Waals surface area contributed by atoms with E-state index >= 15 is 0 Å². The maximum atomic E-state index is 4.05. The second-order valence-electron chi connectivity index (χ2n) is 5.40. The maximum Gasteiger partial charge on any atom is 0.0293 e. The first-order chi connectivity index (χ1) is 7.64. The van der Waals surface area contributed by atoms with Crippen LogP contribution in [0.5, 0.6) is 0 Å². The van der Waals surface area contributed by atoms with Gasteiger partial charge in [0.1, 0.15) is 0 Å². The summed E-state index contributed by atoms with van der Waals surface area (Å²) < 4.78 is 0. The molecule has 1 unspecified atom stereocenters. The lowest BCUT2D eigenvalue weighted by Crippen LogP contribution is -2.29. The Morgan fingerprint density at radius 3 is 2.38 bits per heavy atom. The lowest BCUT2D eigenvalue weighted by molar-refractivity contribution is 0.325. The van der Waals surface area contributed by atoms with Crippen molar-refractivity contribution in [1.29, 1.82) is 0 Å². The van der Waals surface area contributed by atoms with Gasteiger partial charge in [0.15, 0.2) is 0 Å². The Morgan fingerprint density at radius 2 is 1.88 bits per heavy atom. The maximum absolute atomic E-state index is 4.05. The highest BCUT2D eigenvalue weighted by atomic mass is 14.9. The SMILES string of the molecule is CC(NCC1(C(C)C)CC1)c1ccncc1. The van der Waals surface area contributed by atoms with Crippen LogP contribution in [0.3, 0.4) is 0 Å². The third-order valence-electron chi connectivity index (χ3n) is 4.08. The molecule has 1 aliphatic rings. The van der Waals surface area contributed by atoms with Gasteiger partial charge >= 0.3 is 0 Å². The van der Waals surface area contributed by atoms with E-state index in [2.05, 4.69) is 43.2 Å². The van der Waals surface area contributed by atoms with E-state index in [9.17, 15) is 0 Å². The van der Waals surface area contributed by atoms with E-state index in [-0.39, 0.29) is 0 Å². The molecule has 0 bridgehead atoms. The second kappa shape index (κ2) is 4.54. The van der Waals surface area contributed by atoms with Crippen molar-refractivity contribution in [3.05, 3.63) is 30.1 Å². The Hall–Kier alpha value is -0.890. The molecule has 1 fully saturated rings. The first kappa shape index (κ1) is 11.6. The van der Waals surface area contributed by atoms with Crippen LogP contribution in [0.4, 0.5) is 0 Å². The van der Waals surface area contributed by atoms with Crippen LogP contribution in [-0.4, -0.2) is 11.5 Å². The monoisotopic (exact) mass is 218 g/mol. The molecule has 0 aromatic carbocycles. The number of nitrogens with one attached hydrogen (secondary N) is 1. The van der Waals surface area contributed by atoms with Gasteiger partial charge in [-0.25, -0.2) is 0 Å². The quantitative estimate of drug-likeness (QED) is 0.821. The highest BCUT2D eigenvalue weighted by Gasteiger charge is 2.44. The standard InChI is InChI=1S/C14H22N2/c1-11(2)14(6-7-14)10-16-12(3)13-4-8-15-9-5-13/h4-5,8-9,11-12,16H,6-7,10H2,1-3H3. The van der Waals surface area contributed by atoms with Crippen molar-refractivity contribution in [3.63, 3.8) is 0 Å². The Bertz CT molecular complexity index is 328. The van der Waals surface area contributed by atoms with Crippen LogP contribution in [-0.2, 0) is 0 Å². The van der Waals surface area contributed by atoms with Crippen LogP contribution in [0.15, 0.2) is 24.5 Å². The van der Waals surface area contributed by atoms with E-state index in [1.807, 2.05) is 12.4 Å². The Morgan fingerprint density at radius 1 is 1.25 bits per heavy atom. The summed E-state index contributed by atoms with van der Waals surface area (Å²) in [5.41, 5.74) is 1.91. The molecule has 2 heteroatoms. The smallest absolute Gasteiger partial charge is 0.0293 e. The van der Waals surface area contributed by atoms with Crippen molar-refractivity contribution in [3.8, 4) is 0 Å². The molecule has 1 N–H and O–H groups in total. The van der Waals surface area contributed by atoms with Crippen LogP contribution < -0.4 is 5.32 Å². The van der Waals surface area contributed by atoms with Crippen LogP contribution >= 0.6 is 0 Å². The molecular weight excluding hydrogens is 196 g/mol. The Balaban J connectivity index is 1.87. The highest BCUT2D eigenvalue weighted by Crippen LogP contribution is 2.51. The average molecular weight is 218 g/mol. The predicted molar refractivity (Wildman–Crippen MR) is 67.2 cm³/mol. The largest absolute Gasteiger partial charge is 0.310 e. The molecular formula is C14H22N2. The van der Waals surface area contributed by atoms with Crippen LogP contribution in [0.1, 0.15) is 45.2 Å². The van der Waals surface area contributed by atoms with E-state index < -0.39 is 0 Å². The molecule has 1 saturated carbocycles. The first-order valence-electron chi connectivity index (χ1n) is 6.27. The Labute approximate surface area is 98.5 Å². The second-order valence-corrected chi connectivity index (χ2v) is 5.40. The molecule has 1 aromatic rings. The Kier molecular flexibility index (Phi) is 3.29. The van der Waals surface area contributed by atoms with Gasteiger partial charge in [0, 0.05) is 25.0 Å². The summed E-state index contributed by atoms with van der Waals surface area (Å²) in [5, 5.41) is 3.66. The summed E-state index contributed by atoms with van der Waals surface area (Å²) in [7, 11) is 0. The molecule has 0 radical (unpaired) electrons. The minimum atomic E-state index is 0.430. The van der Waals surface area contributed by atoms with Crippen molar-refractivity contribution in [2.24, 2.45) is 11.3 Å². The van der Waals surface area contributed by atoms with E-state index in [0.29, 0.717) is 11.5 Å². The minimum absolute atomic E-state index is 0.430. The zero-order valence-electron chi connectivity index (χ0n) is 10.5. The predicted octanol–water partition coefficient (Wildman–Crippen LogP) is 3.17. The molecule has 1 atom stereocenters. The van der Waals surface area contributed by atoms with Crippen molar-refractivity contribution < 1.29 is 0 Å². The van der Waals surface area contributed by atoms with Gasteiger partial charge in [-0.15, -0.1) is 0 Å². The first-order valence-corrected chi connectivity index (χ1v) is 6.27. The van der Waals surface area contributed by atoms with Gasteiger partial charge in [-0.05, 0) is 48.8 Å². The van der Waals surface area contributed by atoms with Gasteiger partial charge in [0.2, 0.25) is 0 Å². The number of pyridine rings is 1. The summed E-state index contributed by atoms with van der Waals surface area (Å²) in [6, 6.07) is 4.61. The third kappa shape index (κ3) is 2.43.